The molecule has 0 bridgehead atoms. The lowest BCUT2D eigenvalue weighted by Crippen LogP contribution is -2.32. The van der Waals surface area contributed by atoms with Gasteiger partial charge in [0, 0.05) is 6.04 Å². The first kappa shape index (κ1) is 18.7. The van der Waals surface area contributed by atoms with E-state index >= 15 is 0 Å². The van der Waals surface area contributed by atoms with Gasteiger partial charge in [-0.3, -0.25) is 4.98 Å². The van der Waals surface area contributed by atoms with Crippen LogP contribution in [-0.2, 0) is 6.54 Å². The van der Waals surface area contributed by atoms with Gasteiger partial charge in [0.05, 0.1) is 23.9 Å². The molecule has 30 heavy (non-hydrogen) atoms. The minimum absolute atomic E-state index is 0.367. The molecule has 2 heterocycles. The van der Waals surface area contributed by atoms with Crippen molar-refractivity contribution in [3.63, 3.8) is 0 Å². The summed E-state index contributed by atoms with van der Waals surface area (Å²) in [5, 5.41) is 3.52. The van der Waals surface area contributed by atoms with Crippen LogP contribution in [0.15, 0.2) is 73.2 Å². The van der Waals surface area contributed by atoms with Gasteiger partial charge in [0.25, 0.3) is 0 Å². The van der Waals surface area contributed by atoms with Crippen LogP contribution in [0.3, 0.4) is 0 Å². The molecule has 0 amide bonds. The van der Waals surface area contributed by atoms with Crippen LogP contribution >= 0.6 is 0 Å². The Kier molecular flexibility index (Phi) is 4.88. The quantitative estimate of drug-likeness (QED) is 0.528. The Morgan fingerprint density at radius 1 is 1.00 bits per heavy atom. The summed E-state index contributed by atoms with van der Waals surface area (Å²) in [6, 6.07) is 15.8. The van der Waals surface area contributed by atoms with Crippen LogP contribution in [-0.4, -0.2) is 15.6 Å². The Hall–Kier alpha value is -3.32. The molecule has 0 spiro atoms. The predicted octanol–water partition coefficient (Wildman–Crippen LogP) is 3.68. The van der Waals surface area contributed by atoms with Crippen molar-refractivity contribution in [3.8, 4) is 5.69 Å². The maximum absolute atomic E-state index is 12.1. The van der Waals surface area contributed by atoms with Crippen molar-refractivity contribution in [2.24, 2.45) is 0 Å². The fraction of sp³-hybridized carbons (Fsp3) is 0.304. The van der Waals surface area contributed by atoms with Crippen LogP contribution in [0.25, 0.3) is 16.8 Å². The lowest BCUT2D eigenvalue weighted by Gasteiger charge is -2.29. The van der Waals surface area contributed by atoms with Crippen molar-refractivity contribution in [3.05, 3.63) is 87.2 Å². The summed E-state index contributed by atoms with van der Waals surface area (Å²) in [5.74, 6) is 0.319. The molecule has 1 fully saturated rings. The molecule has 0 atom stereocenters. The number of hydrogen-bond acceptors (Lipinski definition) is 5. The zero-order valence-electron chi connectivity index (χ0n) is 16.5. The monoisotopic (exact) mass is 405 g/mol. The van der Waals surface area contributed by atoms with Crippen molar-refractivity contribution >= 4 is 11.1 Å². The third-order valence-electron chi connectivity index (χ3n) is 5.93. The van der Waals surface area contributed by atoms with Crippen LogP contribution in [0.2, 0.25) is 0 Å². The molecule has 2 aromatic heterocycles. The Bertz CT molecular complexity index is 1260. The highest BCUT2D eigenvalue weighted by Crippen LogP contribution is 2.34. The van der Waals surface area contributed by atoms with E-state index in [4.69, 9.17) is 8.83 Å². The second-order valence-corrected chi connectivity index (χ2v) is 7.87. The van der Waals surface area contributed by atoms with E-state index in [2.05, 4.69) is 16.4 Å². The van der Waals surface area contributed by atoms with Crippen molar-refractivity contribution in [1.29, 1.82) is 0 Å². The molecule has 1 aliphatic carbocycles. The van der Waals surface area contributed by atoms with Gasteiger partial charge in [0.1, 0.15) is 5.76 Å². The Morgan fingerprint density at radius 3 is 2.60 bits per heavy atom. The Morgan fingerprint density at radius 2 is 1.80 bits per heavy atom. The van der Waals surface area contributed by atoms with E-state index < -0.39 is 5.76 Å². The minimum atomic E-state index is -0.414. The highest BCUT2D eigenvalue weighted by Gasteiger charge is 2.23. The topological polar surface area (TPSA) is 93.2 Å². The Balaban J connectivity index is 1.18. The lowest BCUT2D eigenvalue weighted by molar-refractivity contribution is 0.328. The normalized spacial score (nSPS) is 19.3. The van der Waals surface area contributed by atoms with Gasteiger partial charge in [-0.1, -0.05) is 24.3 Å². The lowest BCUT2D eigenvalue weighted by atomic mass is 9.81. The first-order chi connectivity index (χ1) is 14.7. The van der Waals surface area contributed by atoms with E-state index in [1.807, 2.05) is 42.5 Å². The second kappa shape index (κ2) is 7.84. The molecule has 7 heteroatoms. The van der Waals surface area contributed by atoms with Gasteiger partial charge in [0.15, 0.2) is 5.58 Å². The van der Waals surface area contributed by atoms with Crippen LogP contribution < -0.4 is 16.8 Å². The molecule has 154 valence electrons. The fourth-order valence-electron chi connectivity index (χ4n) is 4.33. The van der Waals surface area contributed by atoms with Gasteiger partial charge in [-0.2, -0.15) is 0 Å². The SMILES string of the molecule is O=c1[nH]c2ccc(C3CCC(NCc4cn(-c5ccccc5)c(=O)o4)CC3)cc2o1. The molecule has 1 saturated carbocycles. The molecule has 5 rings (SSSR count). The summed E-state index contributed by atoms with van der Waals surface area (Å²) < 4.78 is 12.1. The molecule has 0 aliphatic heterocycles. The molecular weight excluding hydrogens is 382 g/mol. The fourth-order valence-corrected chi connectivity index (χ4v) is 4.33. The van der Waals surface area contributed by atoms with Crippen molar-refractivity contribution < 1.29 is 8.83 Å². The summed E-state index contributed by atoms with van der Waals surface area (Å²) in [5.41, 5.74) is 3.38. The minimum Gasteiger partial charge on any atom is -0.411 e. The zero-order valence-corrected chi connectivity index (χ0v) is 16.5. The van der Waals surface area contributed by atoms with Crippen LogP contribution in [0.5, 0.6) is 0 Å². The maximum atomic E-state index is 12.1. The first-order valence-corrected chi connectivity index (χ1v) is 10.3. The van der Waals surface area contributed by atoms with Crippen molar-refractivity contribution in [2.45, 2.75) is 44.2 Å². The average molecular weight is 405 g/mol. The largest absolute Gasteiger partial charge is 0.423 e. The summed E-state index contributed by atoms with van der Waals surface area (Å²) in [7, 11) is 0. The van der Waals surface area contributed by atoms with Gasteiger partial charge in [-0.25, -0.2) is 14.2 Å². The van der Waals surface area contributed by atoms with Crippen LogP contribution in [0.4, 0.5) is 0 Å². The van der Waals surface area contributed by atoms with E-state index in [9.17, 15) is 9.59 Å². The number of benzene rings is 2. The van der Waals surface area contributed by atoms with Gasteiger partial charge >= 0.3 is 11.5 Å². The molecule has 0 saturated heterocycles. The van der Waals surface area contributed by atoms with Crippen LogP contribution in [0.1, 0.15) is 42.9 Å². The molecule has 0 radical (unpaired) electrons. The van der Waals surface area contributed by atoms with Gasteiger partial charge in [-0.15, -0.1) is 0 Å². The number of rotatable bonds is 5. The number of aromatic amines is 1. The summed E-state index contributed by atoms with van der Waals surface area (Å²) >= 11 is 0. The maximum Gasteiger partial charge on any atom is 0.423 e. The summed E-state index contributed by atoms with van der Waals surface area (Å²) in [4.78, 5) is 26.2. The van der Waals surface area contributed by atoms with Crippen molar-refractivity contribution in [2.75, 3.05) is 0 Å². The molecule has 2 aromatic carbocycles. The second-order valence-electron chi connectivity index (χ2n) is 7.87. The molecular formula is C23H23N3O4. The molecule has 2 N–H and O–H groups in total. The van der Waals surface area contributed by atoms with Gasteiger partial charge in [-0.05, 0) is 61.4 Å². The molecule has 1 aliphatic rings. The number of hydrogen-bond donors (Lipinski definition) is 2. The summed E-state index contributed by atoms with van der Waals surface area (Å²) in [6.45, 7) is 0.533. The van der Waals surface area contributed by atoms with E-state index in [-0.39, 0.29) is 5.76 Å². The predicted molar refractivity (Wildman–Crippen MR) is 113 cm³/mol. The third kappa shape index (κ3) is 3.76. The van der Waals surface area contributed by atoms with E-state index in [0.717, 1.165) is 36.9 Å². The molecule has 0 unspecified atom stereocenters. The highest BCUT2D eigenvalue weighted by molar-refractivity contribution is 5.72. The van der Waals surface area contributed by atoms with E-state index in [1.54, 1.807) is 6.20 Å². The van der Waals surface area contributed by atoms with Gasteiger partial charge in [0.2, 0.25) is 0 Å². The highest BCUT2D eigenvalue weighted by atomic mass is 16.4. The number of nitrogens with zero attached hydrogens (tertiary/aromatic N) is 1. The third-order valence-corrected chi connectivity index (χ3v) is 5.93. The van der Waals surface area contributed by atoms with E-state index in [1.165, 1.54) is 10.1 Å². The van der Waals surface area contributed by atoms with Crippen LogP contribution in [0, 0.1) is 0 Å². The van der Waals surface area contributed by atoms with Gasteiger partial charge < -0.3 is 14.2 Å². The average Bonchev–Trinajstić information content (AvgIpc) is 3.34. The first-order valence-electron chi connectivity index (χ1n) is 10.3. The summed E-state index contributed by atoms with van der Waals surface area (Å²) in [6.07, 6.45) is 5.97. The molecule has 4 aromatic rings. The Labute approximate surface area is 172 Å². The number of aromatic nitrogens is 2. The number of para-hydroxylation sites is 1. The zero-order chi connectivity index (χ0) is 20.5. The molecule has 7 nitrogen and oxygen atoms in total. The number of H-pyrrole nitrogens is 1. The smallest absolute Gasteiger partial charge is 0.411 e. The standard InChI is InChI=1S/C23H23N3O4/c27-22-25-20-11-8-16(12-21(20)30-22)15-6-9-17(10-7-15)24-13-19-14-26(23(28)29-19)18-4-2-1-3-5-18/h1-5,8,11-12,14-15,17,24H,6-7,9-10,13H2,(H,25,27). The number of fused-ring (bicyclic) bond motifs is 1. The number of oxazole rings is 2. The van der Waals surface area contributed by atoms with Crippen molar-refractivity contribution in [1.82, 2.24) is 14.9 Å². The van der Waals surface area contributed by atoms with E-state index in [0.29, 0.717) is 29.8 Å². The number of nitrogens with one attached hydrogen (secondary N) is 2.